The Morgan fingerprint density at radius 3 is 2.81 bits per heavy atom. The Bertz CT molecular complexity index is 463. The van der Waals surface area contributed by atoms with Crippen LogP contribution in [0.3, 0.4) is 0 Å². The number of benzene rings is 1. The summed E-state index contributed by atoms with van der Waals surface area (Å²) in [5.74, 6) is 0.940. The van der Waals surface area contributed by atoms with Gasteiger partial charge in [0.25, 0.3) is 0 Å². The Balaban J connectivity index is 2.07. The van der Waals surface area contributed by atoms with E-state index in [-0.39, 0.29) is 0 Å². The van der Waals surface area contributed by atoms with Crippen LogP contribution in [0.25, 0.3) is 0 Å². The van der Waals surface area contributed by atoms with Gasteiger partial charge in [-0.1, -0.05) is 30.3 Å². The van der Waals surface area contributed by atoms with Crippen LogP contribution >= 0.6 is 0 Å². The summed E-state index contributed by atoms with van der Waals surface area (Å²) in [6.45, 7) is 0.594. The van der Waals surface area contributed by atoms with Crippen LogP contribution in [0.15, 0.2) is 44.1 Å². The molecule has 0 aliphatic carbocycles. The summed E-state index contributed by atoms with van der Waals surface area (Å²) in [5, 5.41) is 2.84. The van der Waals surface area contributed by atoms with E-state index in [9.17, 15) is 0 Å². The highest BCUT2D eigenvalue weighted by atomic mass is 32.2. The summed E-state index contributed by atoms with van der Waals surface area (Å²) in [4.78, 5) is 4.34. The number of nitrogens with zero attached hydrogens (tertiary/aromatic N) is 3. The van der Waals surface area contributed by atoms with Gasteiger partial charge in [0, 0.05) is 17.1 Å². The van der Waals surface area contributed by atoms with Crippen LogP contribution < -0.4 is 11.1 Å². The fourth-order valence-electron chi connectivity index (χ4n) is 1.27. The minimum Gasteiger partial charge on any atom is -0.369 e. The van der Waals surface area contributed by atoms with Crippen LogP contribution in [0.4, 0.5) is 0 Å². The van der Waals surface area contributed by atoms with Crippen LogP contribution in [0.2, 0.25) is 0 Å². The van der Waals surface area contributed by atoms with Gasteiger partial charge in [-0.3, -0.25) is 5.32 Å². The lowest BCUT2D eigenvalue weighted by Crippen LogP contribution is -2.38. The maximum absolute atomic E-state index is 5.59. The molecule has 0 aromatic heterocycles. The number of hydrogen-bond acceptors (Lipinski definition) is 3. The molecule has 0 amide bonds. The van der Waals surface area contributed by atoms with Crippen LogP contribution in [0.5, 0.6) is 0 Å². The Kier molecular flexibility index (Phi) is 3.31. The molecule has 0 saturated carbocycles. The lowest BCUT2D eigenvalue weighted by molar-refractivity contribution is 1.04. The second kappa shape index (κ2) is 4.89. The van der Waals surface area contributed by atoms with Crippen molar-refractivity contribution in [1.82, 2.24) is 5.32 Å². The van der Waals surface area contributed by atoms with E-state index in [2.05, 4.69) is 19.1 Å². The summed E-state index contributed by atoms with van der Waals surface area (Å²) in [5.41, 5.74) is 6.73. The number of nitrogens with two attached hydrogens (primary N) is 1. The summed E-state index contributed by atoms with van der Waals surface area (Å²) >= 11 is 0. The molecule has 0 saturated heterocycles. The van der Waals surface area contributed by atoms with Crippen molar-refractivity contribution in [2.75, 3.05) is 6.26 Å². The lowest BCUT2D eigenvalue weighted by atomic mass is 10.2. The fourth-order valence-corrected chi connectivity index (χ4v) is 1.99. The molecule has 1 aromatic rings. The van der Waals surface area contributed by atoms with E-state index >= 15 is 0 Å². The van der Waals surface area contributed by atoms with E-state index in [0.29, 0.717) is 18.5 Å². The quantitative estimate of drug-likeness (QED) is 0.796. The Hall–Kier alpha value is -1.69. The molecule has 1 aromatic carbocycles. The molecule has 84 valence electrons. The average molecular weight is 235 g/mol. The summed E-state index contributed by atoms with van der Waals surface area (Å²) in [6.07, 6.45) is 1.89. The third-order valence-corrected chi connectivity index (χ3v) is 2.84. The van der Waals surface area contributed by atoms with Gasteiger partial charge in [0.1, 0.15) is 0 Å². The molecule has 2 rings (SSSR count). The first-order valence-electron chi connectivity index (χ1n) is 4.81. The fraction of sp³-hybridized carbons (Fsp3) is 0.200. The van der Waals surface area contributed by atoms with Crippen molar-refractivity contribution in [2.24, 2.45) is 19.5 Å². The van der Waals surface area contributed by atoms with E-state index in [1.54, 1.807) is 0 Å². The van der Waals surface area contributed by atoms with Crippen molar-refractivity contribution in [3.63, 3.8) is 0 Å². The highest BCUT2D eigenvalue weighted by Crippen LogP contribution is 2.01. The Morgan fingerprint density at radius 2 is 2.12 bits per heavy atom. The molecule has 3 N–H and O–H groups in total. The van der Waals surface area contributed by atoms with Gasteiger partial charge < -0.3 is 5.73 Å². The summed E-state index contributed by atoms with van der Waals surface area (Å²) < 4.78 is 8.30. The van der Waals surface area contributed by atoms with Crippen LogP contribution in [0, 0.1) is 0 Å². The van der Waals surface area contributed by atoms with E-state index in [4.69, 9.17) is 5.73 Å². The van der Waals surface area contributed by atoms with Crippen LogP contribution in [-0.4, -0.2) is 18.2 Å². The number of guanidine groups is 2. The lowest BCUT2D eigenvalue weighted by Gasteiger charge is -2.10. The first kappa shape index (κ1) is 10.8. The number of nitrogens with one attached hydrogen (secondary N) is 1. The normalized spacial score (nSPS) is 22.2. The zero-order chi connectivity index (χ0) is 11.4. The van der Waals surface area contributed by atoms with Crippen molar-refractivity contribution in [2.45, 2.75) is 6.54 Å². The molecule has 1 aliphatic heterocycles. The van der Waals surface area contributed by atoms with Crippen molar-refractivity contribution in [1.29, 1.82) is 0 Å². The van der Waals surface area contributed by atoms with Crippen LogP contribution in [-0.2, 0) is 17.4 Å². The Labute approximate surface area is 96.7 Å². The molecule has 1 unspecified atom stereocenters. The molecule has 6 heteroatoms. The van der Waals surface area contributed by atoms with Crippen molar-refractivity contribution in [3.8, 4) is 0 Å². The van der Waals surface area contributed by atoms with Crippen molar-refractivity contribution >= 4 is 22.8 Å². The van der Waals surface area contributed by atoms with Gasteiger partial charge in [-0.25, -0.2) is 4.99 Å². The standard InChI is InChI=1S/C10H13N5S/c1-16-14-9(11)13-10(15-16)12-7-8-5-3-2-4-6-8/h2-6H,7H2,1H3,(H3,11,12,13,14,15). The molecule has 0 bridgehead atoms. The predicted molar refractivity (Wildman–Crippen MR) is 68.1 cm³/mol. The van der Waals surface area contributed by atoms with Gasteiger partial charge in [0.2, 0.25) is 11.9 Å². The average Bonchev–Trinajstić information content (AvgIpc) is 2.27. The largest absolute Gasteiger partial charge is 0.369 e. The van der Waals surface area contributed by atoms with Gasteiger partial charge in [0.05, 0.1) is 6.54 Å². The zero-order valence-corrected chi connectivity index (χ0v) is 9.74. The van der Waals surface area contributed by atoms with Gasteiger partial charge in [-0.05, 0) is 5.56 Å². The second-order valence-electron chi connectivity index (χ2n) is 3.27. The molecule has 1 heterocycles. The third-order valence-electron chi connectivity index (χ3n) is 1.94. The van der Waals surface area contributed by atoms with E-state index in [1.165, 1.54) is 0 Å². The summed E-state index contributed by atoms with van der Waals surface area (Å²) in [7, 11) is -0.414. The van der Waals surface area contributed by atoms with Gasteiger partial charge in [-0.2, -0.15) is 8.76 Å². The van der Waals surface area contributed by atoms with E-state index in [0.717, 1.165) is 5.56 Å². The molecule has 0 radical (unpaired) electrons. The van der Waals surface area contributed by atoms with Crippen molar-refractivity contribution < 1.29 is 0 Å². The SMILES string of the molecule is CS1=NC(=NCc2ccccc2)NC(N)=N1. The second-order valence-corrected chi connectivity index (χ2v) is 4.52. The number of aliphatic imine (C=N–C) groups is 1. The highest BCUT2D eigenvalue weighted by molar-refractivity contribution is 7.85. The van der Waals surface area contributed by atoms with Gasteiger partial charge >= 0.3 is 0 Å². The zero-order valence-electron chi connectivity index (χ0n) is 8.92. The minimum absolute atomic E-state index is 0.382. The molecule has 0 fully saturated rings. The predicted octanol–water partition coefficient (Wildman–Crippen LogP) is 0.807. The monoisotopic (exact) mass is 235 g/mol. The van der Waals surface area contributed by atoms with Gasteiger partial charge in [-0.15, -0.1) is 0 Å². The third kappa shape index (κ3) is 2.90. The Morgan fingerprint density at radius 1 is 1.38 bits per heavy atom. The molecule has 1 atom stereocenters. The molecule has 5 nitrogen and oxygen atoms in total. The first-order valence-corrected chi connectivity index (χ1v) is 6.36. The maximum Gasteiger partial charge on any atom is 0.232 e. The van der Waals surface area contributed by atoms with Gasteiger partial charge in [0.15, 0.2) is 0 Å². The molecular weight excluding hydrogens is 222 g/mol. The molecule has 16 heavy (non-hydrogen) atoms. The molecule has 1 aliphatic rings. The number of rotatable bonds is 2. The number of hydrogen-bond donors (Lipinski definition) is 2. The first-order chi connectivity index (χ1) is 7.74. The van der Waals surface area contributed by atoms with Crippen LogP contribution in [0.1, 0.15) is 5.56 Å². The minimum atomic E-state index is -0.414. The molecular formula is C10H13N5S. The van der Waals surface area contributed by atoms with E-state index < -0.39 is 10.9 Å². The van der Waals surface area contributed by atoms with E-state index in [1.807, 2.05) is 36.6 Å². The molecule has 0 spiro atoms. The highest BCUT2D eigenvalue weighted by Gasteiger charge is 2.05. The maximum atomic E-state index is 5.59. The van der Waals surface area contributed by atoms with Crippen molar-refractivity contribution in [3.05, 3.63) is 35.9 Å². The smallest absolute Gasteiger partial charge is 0.232 e. The summed E-state index contributed by atoms with van der Waals surface area (Å²) in [6, 6.07) is 10.0. The topological polar surface area (TPSA) is 75.1 Å².